The monoisotopic (exact) mass is 405 g/mol. The molecule has 5 atom stereocenters. The van der Waals surface area contributed by atoms with Crippen LogP contribution >= 0.6 is 0 Å². The van der Waals surface area contributed by atoms with E-state index in [4.69, 9.17) is 14.0 Å². The molecule has 150 valence electrons. The molecule has 0 spiro atoms. The van der Waals surface area contributed by atoms with Crippen molar-refractivity contribution in [3.05, 3.63) is 36.9 Å². The van der Waals surface area contributed by atoms with Gasteiger partial charge in [-0.1, -0.05) is 6.58 Å². The molecule has 1 aliphatic heterocycles. The lowest BCUT2D eigenvalue weighted by molar-refractivity contribution is -0.272. The summed E-state index contributed by atoms with van der Waals surface area (Å²) in [5.74, 6) is -0.256. The van der Waals surface area contributed by atoms with Gasteiger partial charge in [-0.15, -0.1) is 0 Å². The van der Waals surface area contributed by atoms with Crippen molar-refractivity contribution in [3.8, 4) is 5.75 Å². The van der Waals surface area contributed by atoms with Gasteiger partial charge in [0.25, 0.3) is 0 Å². The van der Waals surface area contributed by atoms with Gasteiger partial charge in [0, 0.05) is 5.69 Å². The maximum Gasteiger partial charge on any atom is 0.397 e. The minimum Gasteiger partial charge on any atom is -0.462 e. The number of hydrogen-bond donors (Lipinski definition) is 5. The molecule has 2 rings (SSSR count). The van der Waals surface area contributed by atoms with Crippen LogP contribution in [0.5, 0.6) is 5.75 Å². The van der Waals surface area contributed by atoms with Crippen molar-refractivity contribution in [2.45, 2.75) is 30.7 Å². The molecule has 0 aromatic heterocycles. The molecule has 0 bridgehead atoms. The SMILES string of the molecule is C=CC(=O)Nc1ccc(O[C@@H]2O[C@H](CO)[C@H](O)[C@H](OS(=O)(=O)O)[C@H]2O)cc1. The Morgan fingerprint density at radius 1 is 1.26 bits per heavy atom. The quantitative estimate of drug-likeness (QED) is 0.274. The first kappa shape index (κ1) is 21.2. The Kier molecular flexibility index (Phi) is 6.89. The maximum absolute atomic E-state index is 11.2. The van der Waals surface area contributed by atoms with E-state index in [0.29, 0.717) is 5.69 Å². The fourth-order valence-electron chi connectivity index (χ4n) is 2.35. The van der Waals surface area contributed by atoms with Crippen molar-refractivity contribution in [3.63, 3.8) is 0 Å². The molecule has 0 aliphatic carbocycles. The van der Waals surface area contributed by atoms with E-state index in [1.54, 1.807) is 0 Å². The number of carbonyl (C=O) groups is 1. The second-order valence-electron chi connectivity index (χ2n) is 5.53. The summed E-state index contributed by atoms with van der Waals surface area (Å²) < 4.78 is 45.5. The first-order valence-corrected chi connectivity index (χ1v) is 8.99. The fourth-order valence-corrected chi connectivity index (χ4v) is 2.86. The lowest BCUT2D eigenvalue weighted by atomic mass is 9.99. The van der Waals surface area contributed by atoms with E-state index in [9.17, 15) is 28.5 Å². The third-order valence-electron chi connectivity index (χ3n) is 3.61. The van der Waals surface area contributed by atoms with Gasteiger partial charge in [0.15, 0.2) is 0 Å². The first-order valence-electron chi connectivity index (χ1n) is 7.63. The molecule has 0 unspecified atom stereocenters. The van der Waals surface area contributed by atoms with Crippen molar-refractivity contribution in [1.82, 2.24) is 0 Å². The van der Waals surface area contributed by atoms with Crippen LogP contribution in [-0.2, 0) is 24.1 Å². The van der Waals surface area contributed by atoms with E-state index in [0.717, 1.165) is 6.08 Å². The molecule has 11 nitrogen and oxygen atoms in total. The summed E-state index contributed by atoms with van der Waals surface area (Å²) in [7, 11) is -5.00. The molecule has 0 radical (unpaired) electrons. The van der Waals surface area contributed by atoms with Gasteiger partial charge in [-0.3, -0.25) is 9.35 Å². The maximum atomic E-state index is 11.2. The zero-order valence-electron chi connectivity index (χ0n) is 13.8. The molecule has 27 heavy (non-hydrogen) atoms. The summed E-state index contributed by atoms with van der Waals surface area (Å²) in [6.07, 6.45) is -7.16. The predicted molar refractivity (Wildman–Crippen MR) is 90.1 cm³/mol. The zero-order chi connectivity index (χ0) is 20.2. The summed E-state index contributed by atoms with van der Waals surface area (Å²) in [6, 6.07) is 5.81. The largest absolute Gasteiger partial charge is 0.462 e. The number of benzene rings is 1. The molecule has 0 saturated carbocycles. The topological polar surface area (TPSA) is 172 Å². The van der Waals surface area contributed by atoms with E-state index in [1.165, 1.54) is 24.3 Å². The molecule has 1 saturated heterocycles. The number of rotatable bonds is 7. The third-order valence-corrected chi connectivity index (χ3v) is 4.08. The zero-order valence-corrected chi connectivity index (χ0v) is 14.7. The Balaban J connectivity index is 2.13. The number of hydrogen-bond acceptors (Lipinski definition) is 9. The fraction of sp³-hybridized carbons (Fsp3) is 0.400. The lowest BCUT2D eigenvalue weighted by Crippen LogP contribution is -2.61. The lowest BCUT2D eigenvalue weighted by Gasteiger charge is -2.40. The summed E-state index contributed by atoms with van der Waals surface area (Å²) in [4.78, 5) is 11.2. The van der Waals surface area contributed by atoms with E-state index >= 15 is 0 Å². The van der Waals surface area contributed by atoms with Crippen LogP contribution in [-0.4, -0.2) is 71.5 Å². The summed E-state index contributed by atoms with van der Waals surface area (Å²) >= 11 is 0. The van der Waals surface area contributed by atoms with E-state index in [-0.39, 0.29) is 5.75 Å². The van der Waals surface area contributed by atoms with Gasteiger partial charge in [0.1, 0.15) is 30.2 Å². The van der Waals surface area contributed by atoms with Crippen LogP contribution in [0.3, 0.4) is 0 Å². The van der Waals surface area contributed by atoms with Crippen LogP contribution in [0, 0.1) is 0 Å². The molecule has 1 aromatic carbocycles. The van der Waals surface area contributed by atoms with E-state index < -0.39 is 53.6 Å². The highest BCUT2D eigenvalue weighted by Gasteiger charge is 2.48. The van der Waals surface area contributed by atoms with Crippen molar-refractivity contribution < 1.29 is 46.7 Å². The number of ether oxygens (including phenoxy) is 2. The highest BCUT2D eigenvalue weighted by molar-refractivity contribution is 7.80. The van der Waals surface area contributed by atoms with Gasteiger partial charge in [0.05, 0.1) is 6.61 Å². The highest BCUT2D eigenvalue weighted by atomic mass is 32.3. The molecule has 1 heterocycles. The molecular formula is C15H19NO10S. The summed E-state index contributed by atoms with van der Waals surface area (Å²) in [5, 5.41) is 31.9. The Bertz CT molecular complexity index is 765. The number of nitrogens with one attached hydrogen (secondary N) is 1. The number of amides is 1. The molecule has 1 aromatic rings. The predicted octanol–water partition coefficient (Wildman–Crippen LogP) is -1.18. The van der Waals surface area contributed by atoms with E-state index in [2.05, 4.69) is 16.1 Å². The van der Waals surface area contributed by atoms with Crippen LogP contribution in [0.4, 0.5) is 5.69 Å². The average Bonchev–Trinajstić information content (AvgIpc) is 2.61. The van der Waals surface area contributed by atoms with Crippen LogP contribution in [0.1, 0.15) is 0 Å². The van der Waals surface area contributed by atoms with Crippen molar-refractivity contribution in [2.75, 3.05) is 11.9 Å². The number of anilines is 1. The van der Waals surface area contributed by atoms with Crippen molar-refractivity contribution >= 4 is 22.0 Å². The van der Waals surface area contributed by atoms with Crippen LogP contribution in [0.25, 0.3) is 0 Å². The minimum atomic E-state index is -5.00. The first-order chi connectivity index (χ1) is 12.6. The Morgan fingerprint density at radius 3 is 2.41 bits per heavy atom. The van der Waals surface area contributed by atoms with Gasteiger partial charge in [-0.25, -0.2) is 4.18 Å². The second kappa shape index (κ2) is 8.75. The highest BCUT2D eigenvalue weighted by Crippen LogP contribution is 2.27. The molecule has 12 heteroatoms. The van der Waals surface area contributed by atoms with E-state index in [1.807, 2.05) is 0 Å². The number of aliphatic hydroxyl groups is 3. The second-order valence-corrected chi connectivity index (χ2v) is 6.58. The summed E-state index contributed by atoms with van der Waals surface area (Å²) in [6.45, 7) is 2.59. The van der Waals surface area contributed by atoms with Crippen LogP contribution in [0.15, 0.2) is 36.9 Å². The molecule has 1 fully saturated rings. The van der Waals surface area contributed by atoms with Gasteiger partial charge < -0.3 is 30.1 Å². The van der Waals surface area contributed by atoms with Gasteiger partial charge in [-0.05, 0) is 30.3 Å². The van der Waals surface area contributed by atoms with Gasteiger partial charge in [-0.2, -0.15) is 8.42 Å². The van der Waals surface area contributed by atoms with Gasteiger partial charge in [0.2, 0.25) is 12.2 Å². The Morgan fingerprint density at radius 2 is 1.89 bits per heavy atom. The minimum absolute atomic E-state index is 0.161. The summed E-state index contributed by atoms with van der Waals surface area (Å²) in [5.41, 5.74) is 0.439. The van der Waals surface area contributed by atoms with Crippen molar-refractivity contribution in [2.24, 2.45) is 0 Å². The smallest absolute Gasteiger partial charge is 0.397 e. The standard InChI is InChI=1S/C15H19NO10S/c1-2-11(18)16-8-3-5-9(6-4-8)24-15-13(20)14(26-27(21,22)23)12(19)10(7-17)25-15/h2-6,10,12-15,17,19-20H,1,7H2,(H,16,18)(H,21,22,23)/t10-,12+,13-,14+,15-/m1/s1. The Hall–Kier alpha value is -2.06. The van der Waals surface area contributed by atoms with Crippen molar-refractivity contribution in [1.29, 1.82) is 0 Å². The average molecular weight is 405 g/mol. The molecule has 1 aliphatic rings. The number of aliphatic hydroxyl groups excluding tert-OH is 3. The molecule has 5 N–H and O–H groups in total. The third kappa shape index (κ3) is 5.71. The van der Waals surface area contributed by atoms with Crippen LogP contribution < -0.4 is 10.1 Å². The number of carbonyl (C=O) groups excluding carboxylic acids is 1. The molecular weight excluding hydrogens is 386 g/mol. The Labute approximate surface area is 154 Å². The van der Waals surface area contributed by atoms with Gasteiger partial charge >= 0.3 is 10.4 Å². The molecule has 1 amide bonds. The normalized spacial score (nSPS) is 28.4. The van der Waals surface area contributed by atoms with Crippen LogP contribution in [0.2, 0.25) is 0 Å².